The standard InChI is InChI=1S/C13H10BrNO4/c1-8-4-10(16)7-11(5-8)19-13-3-2-9(15(17)18)6-12(13)14/h2-7,16H,1H3. The molecule has 0 saturated carbocycles. The second-order valence-electron chi connectivity index (χ2n) is 3.98. The molecule has 19 heavy (non-hydrogen) atoms. The molecule has 0 unspecified atom stereocenters. The molecule has 98 valence electrons. The zero-order valence-electron chi connectivity index (χ0n) is 9.96. The lowest BCUT2D eigenvalue weighted by molar-refractivity contribution is -0.384. The summed E-state index contributed by atoms with van der Waals surface area (Å²) in [6.07, 6.45) is 0. The van der Waals surface area contributed by atoms with Crippen molar-refractivity contribution < 1.29 is 14.8 Å². The van der Waals surface area contributed by atoms with Gasteiger partial charge in [0.1, 0.15) is 17.2 Å². The number of hydrogen-bond acceptors (Lipinski definition) is 4. The van der Waals surface area contributed by atoms with Crippen molar-refractivity contribution >= 4 is 21.6 Å². The minimum absolute atomic E-state index is 0.0219. The number of phenols is 1. The third kappa shape index (κ3) is 3.23. The Morgan fingerprint density at radius 3 is 2.58 bits per heavy atom. The van der Waals surface area contributed by atoms with E-state index in [0.29, 0.717) is 16.0 Å². The van der Waals surface area contributed by atoms with Crippen molar-refractivity contribution in [1.29, 1.82) is 0 Å². The summed E-state index contributed by atoms with van der Waals surface area (Å²) in [5.41, 5.74) is 0.833. The summed E-state index contributed by atoms with van der Waals surface area (Å²) < 4.78 is 6.05. The maximum Gasteiger partial charge on any atom is 0.270 e. The van der Waals surface area contributed by atoms with Crippen LogP contribution in [-0.2, 0) is 0 Å². The molecule has 0 bridgehead atoms. The van der Waals surface area contributed by atoms with E-state index in [1.165, 1.54) is 24.3 Å². The van der Waals surface area contributed by atoms with Gasteiger partial charge in [0.05, 0.1) is 9.40 Å². The summed E-state index contributed by atoms with van der Waals surface area (Å²) in [6.45, 7) is 1.83. The van der Waals surface area contributed by atoms with Gasteiger partial charge < -0.3 is 9.84 Å². The Hall–Kier alpha value is -2.08. The SMILES string of the molecule is Cc1cc(O)cc(Oc2ccc([N+](=O)[O-])cc2Br)c1. The van der Waals surface area contributed by atoms with Crippen molar-refractivity contribution in [3.63, 3.8) is 0 Å². The Morgan fingerprint density at radius 2 is 2.00 bits per heavy atom. The maximum atomic E-state index is 10.6. The molecule has 0 spiro atoms. The van der Waals surface area contributed by atoms with Crippen molar-refractivity contribution in [2.45, 2.75) is 6.92 Å². The molecule has 0 aromatic heterocycles. The topological polar surface area (TPSA) is 72.6 Å². The van der Waals surface area contributed by atoms with Crippen LogP contribution in [0.2, 0.25) is 0 Å². The van der Waals surface area contributed by atoms with Gasteiger partial charge in [-0.3, -0.25) is 10.1 Å². The number of nitro groups is 1. The fourth-order valence-electron chi connectivity index (χ4n) is 1.60. The fourth-order valence-corrected chi connectivity index (χ4v) is 2.05. The molecule has 5 nitrogen and oxygen atoms in total. The number of hydrogen-bond donors (Lipinski definition) is 1. The Bertz CT molecular complexity index is 622. The van der Waals surface area contributed by atoms with Crippen LogP contribution in [-0.4, -0.2) is 10.0 Å². The van der Waals surface area contributed by atoms with Crippen LogP contribution in [0, 0.1) is 17.0 Å². The number of nitrogens with zero attached hydrogens (tertiary/aromatic N) is 1. The number of non-ortho nitro benzene ring substituents is 1. The summed E-state index contributed by atoms with van der Waals surface area (Å²) in [5, 5.41) is 20.1. The first kappa shape index (κ1) is 13.4. The molecular formula is C13H10BrNO4. The Kier molecular flexibility index (Phi) is 3.71. The van der Waals surface area contributed by atoms with Crippen LogP contribution in [0.4, 0.5) is 5.69 Å². The highest BCUT2D eigenvalue weighted by Crippen LogP contribution is 2.34. The summed E-state index contributed by atoms with van der Waals surface area (Å²) in [4.78, 5) is 10.1. The van der Waals surface area contributed by atoms with Crippen LogP contribution in [0.15, 0.2) is 40.9 Å². The highest BCUT2D eigenvalue weighted by Gasteiger charge is 2.11. The molecule has 0 aliphatic carbocycles. The molecule has 0 aliphatic heterocycles. The minimum Gasteiger partial charge on any atom is -0.508 e. The lowest BCUT2D eigenvalue weighted by Gasteiger charge is -2.08. The quantitative estimate of drug-likeness (QED) is 0.679. The average Bonchev–Trinajstić information content (AvgIpc) is 2.30. The molecule has 0 aliphatic rings. The molecule has 0 heterocycles. The van der Waals surface area contributed by atoms with Crippen molar-refractivity contribution in [3.05, 3.63) is 56.5 Å². The van der Waals surface area contributed by atoms with Gasteiger partial charge in [-0.25, -0.2) is 0 Å². The first-order chi connectivity index (χ1) is 8.95. The number of benzene rings is 2. The van der Waals surface area contributed by atoms with Gasteiger partial charge in [0.15, 0.2) is 0 Å². The van der Waals surface area contributed by atoms with Crippen LogP contribution in [0.3, 0.4) is 0 Å². The van der Waals surface area contributed by atoms with Crippen LogP contribution >= 0.6 is 15.9 Å². The second-order valence-corrected chi connectivity index (χ2v) is 4.83. The number of ether oxygens (including phenoxy) is 1. The molecule has 0 atom stereocenters. The first-order valence-corrected chi connectivity index (χ1v) is 6.17. The molecule has 6 heteroatoms. The molecule has 2 aromatic rings. The van der Waals surface area contributed by atoms with E-state index in [0.717, 1.165) is 5.56 Å². The van der Waals surface area contributed by atoms with Gasteiger partial charge in [-0.2, -0.15) is 0 Å². The van der Waals surface area contributed by atoms with Gasteiger partial charge in [-0.05, 0) is 46.6 Å². The average molecular weight is 324 g/mol. The molecule has 0 radical (unpaired) electrons. The predicted molar refractivity (Wildman–Crippen MR) is 73.7 cm³/mol. The molecule has 0 amide bonds. The van der Waals surface area contributed by atoms with Crippen LogP contribution in [0.5, 0.6) is 17.2 Å². The summed E-state index contributed by atoms with van der Waals surface area (Å²) in [6, 6.07) is 9.06. The number of aromatic hydroxyl groups is 1. The van der Waals surface area contributed by atoms with E-state index in [2.05, 4.69) is 15.9 Å². The Morgan fingerprint density at radius 1 is 1.26 bits per heavy atom. The monoisotopic (exact) mass is 323 g/mol. The number of rotatable bonds is 3. The van der Waals surface area contributed by atoms with E-state index in [1.807, 2.05) is 6.92 Å². The molecular weight excluding hydrogens is 314 g/mol. The van der Waals surface area contributed by atoms with E-state index in [1.54, 1.807) is 12.1 Å². The van der Waals surface area contributed by atoms with Crippen molar-refractivity contribution in [3.8, 4) is 17.2 Å². The molecule has 0 fully saturated rings. The van der Waals surface area contributed by atoms with Crippen molar-refractivity contribution in [2.24, 2.45) is 0 Å². The van der Waals surface area contributed by atoms with Gasteiger partial charge in [0.25, 0.3) is 5.69 Å². The molecule has 2 rings (SSSR count). The lowest BCUT2D eigenvalue weighted by atomic mass is 10.2. The van der Waals surface area contributed by atoms with Crippen molar-refractivity contribution in [2.75, 3.05) is 0 Å². The second kappa shape index (κ2) is 5.27. The Balaban J connectivity index is 2.30. The maximum absolute atomic E-state index is 10.6. The predicted octanol–water partition coefficient (Wildman–Crippen LogP) is 4.16. The van der Waals surface area contributed by atoms with Gasteiger partial charge in [-0.1, -0.05) is 0 Å². The van der Waals surface area contributed by atoms with Gasteiger partial charge in [0.2, 0.25) is 0 Å². The highest BCUT2D eigenvalue weighted by atomic mass is 79.9. The van der Waals surface area contributed by atoms with Crippen LogP contribution < -0.4 is 4.74 Å². The van der Waals surface area contributed by atoms with E-state index in [9.17, 15) is 15.2 Å². The highest BCUT2D eigenvalue weighted by molar-refractivity contribution is 9.10. The third-order valence-electron chi connectivity index (χ3n) is 2.39. The zero-order valence-corrected chi connectivity index (χ0v) is 11.5. The molecule has 1 N–H and O–H groups in total. The van der Waals surface area contributed by atoms with E-state index < -0.39 is 4.92 Å². The van der Waals surface area contributed by atoms with Gasteiger partial charge >= 0.3 is 0 Å². The minimum atomic E-state index is -0.479. The third-order valence-corrected chi connectivity index (χ3v) is 3.01. The summed E-state index contributed by atoms with van der Waals surface area (Å²) in [7, 11) is 0. The van der Waals surface area contributed by atoms with Gasteiger partial charge in [-0.15, -0.1) is 0 Å². The Labute approximate surface area is 117 Å². The normalized spacial score (nSPS) is 10.2. The number of phenolic OH excluding ortho intramolecular Hbond substituents is 1. The summed E-state index contributed by atoms with van der Waals surface area (Å²) in [5.74, 6) is 1.01. The van der Waals surface area contributed by atoms with Crippen molar-refractivity contribution in [1.82, 2.24) is 0 Å². The smallest absolute Gasteiger partial charge is 0.270 e. The van der Waals surface area contributed by atoms with Crippen LogP contribution in [0.25, 0.3) is 0 Å². The fraction of sp³-hybridized carbons (Fsp3) is 0.0769. The zero-order chi connectivity index (χ0) is 14.0. The molecule has 2 aromatic carbocycles. The number of aryl methyl sites for hydroxylation is 1. The number of nitro benzene ring substituents is 1. The molecule has 0 saturated heterocycles. The van der Waals surface area contributed by atoms with E-state index in [4.69, 9.17) is 4.74 Å². The summed E-state index contributed by atoms with van der Waals surface area (Å²) >= 11 is 3.22. The van der Waals surface area contributed by atoms with Gasteiger partial charge in [0, 0.05) is 18.2 Å². The van der Waals surface area contributed by atoms with E-state index >= 15 is 0 Å². The van der Waals surface area contributed by atoms with Crippen LogP contribution in [0.1, 0.15) is 5.56 Å². The number of halogens is 1. The lowest BCUT2D eigenvalue weighted by Crippen LogP contribution is -1.90. The first-order valence-electron chi connectivity index (χ1n) is 5.38. The largest absolute Gasteiger partial charge is 0.508 e. The van der Waals surface area contributed by atoms with E-state index in [-0.39, 0.29) is 11.4 Å².